The second kappa shape index (κ2) is 9.53. The van der Waals surface area contributed by atoms with Gasteiger partial charge in [-0.15, -0.1) is 0 Å². The van der Waals surface area contributed by atoms with E-state index >= 15 is 0 Å². The normalized spacial score (nSPS) is 15.0. The highest BCUT2D eigenvalue weighted by atomic mass is 16.2. The molecule has 0 atom stereocenters. The molecule has 1 fully saturated rings. The molecule has 1 aliphatic heterocycles. The molecular formula is C22H30N4O2. The van der Waals surface area contributed by atoms with Gasteiger partial charge in [-0.3, -0.25) is 9.59 Å². The second-order valence-corrected chi connectivity index (χ2v) is 7.93. The van der Waals surface area contributed by atoms with Gasteiger partial charge in [-0.05, 0) is 30.7 Å². The van der Waals surface area contributed by atoms with Crippen molar-refractivity contribution in [2.75, 3.05) is 24.5 Å². The van der Waals surface area contributed by atoms with Crippen molar-refractivity contribution in [2.24, 2.45) is 11.8 Å². The van der Waals surface area contributed by atoms with E-state index in [0.29, 0.717) is 12.5 Å². The molecule has 28 heavy (non-hydrogen) atoms. The molecule has 1 aliphatic rings. The van der Waals surface area contributed by atoms with Crippen LogP contribution in [0.2, 0.25) is 0 Å². The van der Waals surface area contributed by atoms with Gasteiger partial charge in [0, 0.05) is 31.6 Å². The molecule has 0 saturated carbocycles. The van der Waals surface area contributed by atoms with Crippen LogP contribution in [0.5, 0.6) is 0 Å². The first-order valence-electron chi connectivity index (χ1n) is 10.2. The molecule has 6 nitrogen and oxygen atoms in total. The van der Waals surface area contributed by atoms with Gasteiger partial charge in [-0.1, -0.05) is 44.2 Å². The molecule has 1 aromatic heterocycles. The summed E-state index contributed by atoms with van der Waals surface area (Å²) in [7, 11) is 0. The Morgan fingerprint density at radius 1 is 1.21 bits per heavy atom. The summed E-state index contributed by atoms with van der Waals surface area (Å²) in [6, 6.07) is 11.5. The number of rotatable bonds is 7. The summed E-state index contributed by atoms with van der Waals surface area (Å²) in [5.41, 5.74) is 1.79. The zero-order valence-corrected chi connectivity index (χ0v) is 16.8. The fourth-order valence-electron chi connectivity index (χ4n) is 3.50. The van der Waals surface area contributed by atoms with Crippen LogP contribution in [-0.4, -0.2) is 35.3 Å². The lowest BCUT2D eigenvalue weighted by Gasteiger charge is -2.32. The number of carbonyl (C=O) groups excluding carboxylic acids is 1. The maximum Gasteiger partial charge on any atom is 0.269 e. The van der Waals surface area contributed by atoms with Crippen molar-refractivity contribution in [3.05, 3.63) is 58.5 Å². The van der Waals surface area contributed by atoms with Crippen molar-refractivity contribution in [2.45, 2.75) is 39.7 Å². The first-order chi connectivity index (χ1) is 13.5. The van der Waals surface area contributed by atoms with Gasteiger partial charge in [-0.2, -0.15) is 5.10 Å². The zero-order valence-electron chi connectivity index (χ0n) is 16.8. The largest absolute Gasteiger partial charge is 0.370 e. The smallest absolute Gasteiger partial charge is 0.269 e. The van der Waals surface area contributed by atoms with E-state index in [1.165, 1.54) is 4.68 Å². The number of piperidine rings is 1. The van der Waals surface area contributed by atoms with E-state index in [1.807, 2.05) is 30.3 Å². The average molecular weight is 383 g/mol. The highest BCUT2D eigenvalue weighted by Crippen LogP contribution is 2.22. The van der Waals surface area contributed by atoms with E-state index in [-0.39, 0.29) is 17.4 Å². The van der Waals surface area contributed by atoms with Crippen LogP contribution in [-0.2, 0) is 11.3 Å². The standard InChI is InChI=1S/C22H30N4O2/c1-17(2)8-11-23-22(28)19-9-12-25(13-10-19)20-14-21(27)26(24-15-20)16-18-6-4-3-5-7-18/h3-7,14-15,17,19H,8-13,16H2,1-2H3,(H,23,28). The lowest BCUT2D eigenvalue weighted by atomic mass is 9.95. The van der Waals surface area contributed by atoms with Crippen LogP contribution in [0.1, 0.15) is 38.7 Å². The Morgan fingerprint density at radius 3 is 2.57 bits per heavy atom. The molecule has 0 bridgehead atoms. The van der Waals surface area contributed by atoms with Gasteiger partial charge >= 0.3 is 0 Å². The molecule has 3 rings (SSSR count). The number of hydrogen-bond acceptors (Lipinski definition) is 4. The van der Waals surface area contributed by atoms with Crippen LogP contribution in [0.15, 0.2) is 47.4 Å². The number of hydrogen-bond donors (Lipinski definition) is 1. The van der Waals surface area contributed by atoms with Crippen LogP contribution in [0, 0.1) is 11.8 Å². The Labute approximate surface area is 166 Å². The maximum absolute atomic E-state index is 12.4. The number of nitrogens with one attached hydrogen (secondary N) is 1. The van der Waals surface area contributed by atoms with E-state index in [2.05, 4.69) is 29.2 Å². The topological polar surface area (TPSA) is 67.2 Å². The van der Waals surface area contributed by atoms with E-state index in [9.17, 15) is 9.59 Å². The number of amides is 1. The summed E-state index contributed by atoms with van der Waals surface area (Å²) in [6.45, 7) is 7.08. The number of carbonyl (C=O) groups is 1. The third kappa shape index (κ3) is 5.44. The highest BCUT2D eigenvalue weighted by molar-refractivity contribution is 5.78. The summed E-state index contributed by atoms with van der Waals surface area (Å²) in [5.74, 6) is 0.824. The molecule has 1 N–H and O–H groups in total. The Bertz CT molecular complexity index is 824. The first-order valence-corrected chi connectivity index (χ1v) is 10.2. The van der Waals surface area contributed by atoms with Gasteiger partial charge in [-0.25, -0.2) is 4.68 Å². The third-order valence-electron chi connectivity index (χ3n) is 5.28. The number of nitrogens with zero attached hydrogens (tertiary/aromatic N) is 3. The Kier molecular flexibility index (Phi) is 6.85. The number of benzene rings is 1. The average Bonchev–Trinajstić information content (AvgIpc) is 2.70. The molecule has 0 spiro atoms. The SMILES string of the molecule is CC(C)CCNC(=O)C1CCN(c2cnn(Cc3ccccc3)c(=O)c2)CC1. The van der Waals surface area contributed by atoms with Crippen LogP contribution in [0.25, 0.3) is 0 Å². The van der Waals surface area contributed by atoms with Crippen molar-refractivity contribution in [1.29, 1.82) is 0 Å². The van der Waals surface area contributed by atoms with Crippen molar-refractivity contribution >= 4 is 11.6 Å². The Morgan fingerprint density at radius 2 is 1.93 bits per heavy atom. The molecule has 6 heteroatoms. The Balaban J connectivity index is 1.54. The van der Waals surface area contributed by atoms with Gasteiger partial charge < -0.3 is 10.2 Å². The zero-order chi connectivity index (χ0) is 19.9. The summed E-state index contributed by atoms with van der Waals surface area (Å²) in [5, 5.41) is 7.40. The molecule has 0 radical (unpaired) electrons. The number of anilines is 1. The van der Waals surface area contributed by atoms with E-state index in [0.717, 1.165) is 50.1 Å². The molecule has 1 amide bonds. The van der Waals surface area contributed by atoms with Gasteiger partial charge in [0.1, 0.15) is 0 Å². The van der Waals surface area contributed by atoms with Crippen LogP contribution >= 0.6 is 0 Å². The van der Waals surface area contributed by atoms with E-state index in [1.54, 1.807) is 12.3 Å². The minimum atomic E-state index is -0.102. The van der Waals surface area contributed by atoms with Crippen molar-refractivity contribution < 1.29 is 4.79 Å². The van der Waals surface area contributed by atoms with Gasteiger partial charge in [0.2, 0.25) is 5.91 Å². The minimum Gasteiger partial charge on any atom is -0.370 e. The van der Waals surface area contributed by atoms with E-state index < -0.39 is 0 Å². The first kappa shape index (κ1) is 20.1. The second-order valence-electron chi connectivity index (χ2n) is 7.93. The predicted octanol–water partition coefficient (Wildman–Crippen LogP) is 2.67. The van der Waals surface area contributed by atoms with Crippen molar-refractivity contribution in [3.63, 3.8) is 0 Å². The fourth-order valence-corrected chi connectivity index (χ4v) is 3.50. The molecule has 2 heterocycles. The van der Waals surface area contributed by atoms with Crippen LogP contribution in [0.3, 0.4) is 0 Å². The minimum absolute atomic E-state index is 0.0647. The Hall–Kier alpha value is -2.63. The lowest BCUT2D eigenvalue weighted by Crippen LogP contribution is -2.41. The molecule has 0 aliphatic carbocycles. The maximum atomic E-state index is 12.4. The van der Waals surface area contributed by atoms with Crippen LogP contribution < -0.4 is 15.8 Å². The monoisotopic (exact) mass is 382 g/mol. The molecule has 2 aromatic rings. The molecule has 0 unspecified atom stereocenters. The van der Waals surface area contributed by atoms with E-state index in [4.69, 9.17) is 0 Å². The van der Waals surface area contributed by atoms with Gasteiger partial charge in [0.05, 0.1) is 18.4 Å². The van der Waals surface area contributed by atoms with Gasteiger partial charge in [0.15, 0.2) is 0 Å². The fraction of sp³-hybridized carbons (Fsp3) is 0.500. The predicted molar refractivity (Wildman–Crippen MR) is 111 cm³/mol. The number of aromatic nitrogens is 2. The third-order valence-corrected chi connectivity index (χ3v) is 5.28. The lowest BCUT2D eigenvalue weighted by molar-refractivity contribution is -0.125. The summed E-state index contributed by atoms with van der Waals surface area (Å²) in [6.07, 6.45) is 4.38. The van der Waals surface area contributed by atoms with Crippen molar-refractivity contribution in [1.82, 2.24) is 15.1 Å². The van der Waals surface area contributed by atoms with Crippen LogP contribution in [0.4, 0.5) is 5.69 Å². The summed E-state index contributed by atoms with van der Waals surface area (Å²) >= 11 is 0. The summed E-state index contributed by atoms with van der Waals surface area (Å²) in [4.78, 5) is 26.9. The van der Waals surface area contributed by atoms with Gasteiger partial charge in [0.25, 0.3) is 5.56 Å². The van der Waals surface area contributed by atoms with Crippen molar-refractivity contribution in [3.8, 4) is 0 Å². The molecule has 1 aromatic carbocycles. The molecule has 1 saturated heterocycles. The molecular weight excluding hydrogens is 352 g/mol. The quantitative estimate of drug-likeness (QED) is 0.799. The molecule has 150 valence electrons. The summed E-state index contributed by atoms with van der Waals surface area (Å²) < 4.78 is 1.48. The highest BCUT2D eigenvalue weighted by Gasteiger charge is 2.25.